The number of nitrogens with one attached hydrogen (secondary N) is 6. The van der Waals surface area contributed by atoms with Crippen LogP contribution < -0.4 is 49.1 Å². The molecular formula is C29H51N9O12. The zero-order valence-electron chi connectivity index (χ0n) is 28.7. The number of aliphatic hydroxyl groups is 2. The highest BCUT2D eigenvalue weighted by Crippen LogP contribution is 2.08. The molecule has 0 rings (SSSR count). The zero-order valence-corrected chi connectivity index (χ0v) is 28.7. The molecule has 0 aliphatic heterocycles. The van der Waals surface area contributed by atoms with Crippen molar-refractivity contribution >= 4 is 53.2 Å². The Labute approximate surface area is 288 Å². The fraction of sp³-hybridized carbons (Fsp3) is 0.690. The summed E-state index contributed by atoms with van der Waals surface area (Å²) in [5, 5.41) is 41.4. The van der Waals surface area contributed by atoms with Gasteiger partial charge in [-0.2, -0.15) is 0 Å². The van der Waals surface area contributed by atoms with E-state index in [9.17, 15) is 53.4 Å². The predicted molar refractivity (Wildman–Crippen MR) is 174 cm³/mol. The van der Waals surface area contributed by atoms with E-state index in [1.165, 1.54) is 6.92 Å². The number of carbonyl (C=O) groups excluding carboxylic acids is 8. The van der Waals surface area contributed by atoms with Crippen LogP contribution in [-0.4, -0.2) is 124 Å². The lowest BCUT2D eigenvalue weighted by atomic mass is 10.0. The van der Waals surface area contributed by atoms with Crippen LogP contribution in [0.2, 0.25) is 0 Å². The molecule has 21 heteroatoms. The van der Waals surface area contributed by atoms with Gasteiger partial charge in [-0.3, -0.25) is 38.4 Å². The predicted octanol–water partition coefficient (Wildman–Crippen LogP) is -5.85. The number of carboxylic acid groups (broad SMARTS) is 1. The van der Waals surface area contributed by atoms with Crippen molar-refractivity contribution in [3.63, 3.8) is 0 Å². The number of rotatable bonds is 23. The van der Waals surface area contributed by atoms with Gasteiger partial charge in [0.2, 0.25) is 47.3 Å². The van der Waals surface area contributed by atoms with E-state index in [0.717, 1.165) is 0 Å². The lowest BCUT2D eigenvalue weighted by molar-refractivity contribution is -0.143. The van der Waals surface area contributed by atoms with Gasteiger partial charge < -0.3 is 64.4 Å². The van der Waals surface area contributed by atoms with Crippen LogP contribution in [0, 0.1) is 11.8 Å². The van der Waals surface area contributed by atoms with Gasteiger partial charge in [0, 0.05) is 0 Å². The average Bonchev–Trinajstić information content (AvgIpc) is 2.99. The van der Waals surface area contributed by atoms with Gasteiger partial charge in [-0.1, -0.05) is 27.7 Å². The topological polar surface area (TPSA) is 365 Å². The van der Waals surface area contributed by atoms with E-state index in [1.54, 1.807) is 13.8 Å². The molecule has 0 aromatic rings. The van der Waals surface area contributed by atoms with Crippen molar-refractivity contribution in [3.05, 3.63) is 0 Å². The highest BCUT2D eigenvalue weighted by Gasteiger charge is 2.34. The van der Waals surface area contributed by atoms with Gasteiger partial charge in [-0.05, 0) is 31.6 Å². The summed E-state index contributed by atoms with van der Waals surface area (Å²) in [5.74, 6) is -9.94. The molecule has 21 nitrogen and oxygen atoms in total. The Bertz CT molecular complexity index is 1250. The highest BCUT2D eigenvalue weighted by molar-refractivity contribution is 5.99. The normalized spacial score (nSPS) is 15.2. The van der Waals surface area contributed by atoms with Crippen molar-refractivity contribution in [2.45, 2.75) is 103 Å². The van der Waals surface area contributed by atoms with Crippen molar-refractivity contribution in [1.29, 1.82) is 0 Å². The minimum Gasteiger partial charge on any atom is -0.480 e. The summed E-state index contributed by atoms with van der Waals surface area (Å²) < 4.78 is 0. The van der Waals surface area contributed by atoms with Gasteiger partial charge in [0.15, 0.2) is 0 Å². The Balaban J connectivity index is 5.92. The second-order valence-corrected chi connectivity index (χ2v) is 12.4. The highest BCUT2D eigenvalue weighted by atomic mass is 16.4. The van der Waals surface area contributed by atoms with Gasteiger partial charge in [0.05, 0.1) is 32.1 Å². The van der Waals surface area contributed by atoms with Crippen molar-refractivity contribution in [1.82, 2.24) is 31.9 Å². The first-order chi connectivity index (χ1) is 23.1. The second kappa shape index (κ2) is 22.0. The molecule has 0 aliphatic carbocycles. The largest absolute Gasteiger partial charge is 0.480 e. The standard InChI is InChI=1S/C29H51N9O12/c1-12(2)6-15(30)24(44)33-14(5)23(43)37-19(10-39)28(48)36-17(8-21(31)41)26(46)34-16(7-13(3)4)25(45)35-18(9-22(32)42)27(47)38-20(11-40)29(49)50/h12-20,39-40H,6-11,30H2,1-5H3,(H2,31,41)(H2,32,42)(H,33,44)(H,34,46)(H,35,45)(H,36,48)(H,37,43)(H,38,47)(H,49,50)/t14-,15-,16-,17-,18-,19-,20-/m0/s1. The first-order valence-corrected chi connectivity index (χ1v) is 15.7. The third-order valence-corrected chi connectivity index (χ3v) is 6.84. The van der Waals surface area contributed by atoms with Gasteiger partial charge in [-0.25, -0.2) is 4.79 Å². The Morgan fingerprint density at radius 1 is 0.500 bits per heavy atom. The zero-order chi connectivity index (χ0) is 38.9. The Morgan fingerprint density at radius 3 is 1.24 bits per heavy atom. The molecular weight excluding hydrogens is 666 g/mol. The lowest BCUT2D eigenvalue weighted by Gasteiger charge is -2.27. The molecule has 7 atom stereocenters. The summed E-state index contributed by atoms with van der Waals surface area (Å²) in [6.07, 6.45) is -1.34. The van der Waals surface area contributed by atoms with Crippen LogP contribution in [0.15, 0.2) is 0 Å². The Morgan fingerprint density at radius 2 is 0.860 bits per heavy atom. The Kier molecular flexibility index (Phi) is 19.8. The molecule has 8 amide bonds. The third kappa shape index (κ3) is 17.0. The van der Waals surface area contributed by atoms with Gasteiger partial charge in [0.1, 0.15) is 36.3 Å². The van der Waals surface area contributed by atoms with Crippen molar-refractivity contribution in [2.24, 2.45) is 29.0 Å². The molecule has 0 aromatic heterocycles. The van der Waals surface area contributed by atoms with E-state index in [4.69, 9.17) is 22.3 Å². The second-order valence-electron chi connectivity index (χ2n) is 12.4. The molecule has 0 radical (unpaired) electrons. The maximum Gasteiger partial charge on any atom is 0.328 e. The fourth-order valence-electron chi connectivity index (χ4n) is 4.29. The van der Waals surface area contributed by atoms with Crippen LogP contribution in [0.5, 0.6) is 0 Å². The molecule has 0 fully saturated rings. The smallest absolute Gasteiger partial charge is 0.328 e. The number of carboxylic acids is 1. The minimum absolute atomic E-state index is 0.0894. The van der Waals surface area contributed by atoms with Crippen LogP contribution in [0.3, 0.4) is 0 Å². The molecule has 0 aliphatic rings. The number of amides is 8. The fourth-order valence-corrected chi connectivity index (χ4v) is 4.29. The molecule has 0 unspecified atom stereocenters. The van der Waals surface area contributed by atoms with E-state index >= 15 is 0 Å². The van der Waals surface area contributed by atoms with E-state index in [2.05, 4.69) is 26.6 Å². The van der Waals surface area contributed by atoms with Crippen molar-refractivity contribution in [2.75, 3.05) is 13.2 Å². The lowest BCUT2D eigenvalue weighted by Crippen LogP contribution is -2.61. The first-order valence-electron chi connectivity index (χ1n) is 15.7. The summed E-state index contributed by atoms with van der Waals surface area (Å²) in [7, 11) is 0. The maximum absolute atomic E-state index is 13.3. The quantitative estimate of drug-likeness (QED) is 0.0469. The van der Waals surface area contributed by atoms with Crippen LogP contribution in [-0.2, 0) is 43.2 Å². The van der Waals surface area contributed by atoms with Crippen LogP contribution in [0.4, 0.5) is 0 Å². The summed E-state index contributed by atoms with van der Waals surface area (Å²) in [5.41, 5.74) is 16.3. The minimum atomic E-state index is -1.78. The number of nitrogens with two attached hydrogens (primary N) is 3. The number of hydrogen-bond acceptors (Lipinski definition) is 12. The summed E-state index contributed by atoms with van der Waals surface area (Å²) in [6.45, 7) is 6.34. The van der Waals surface area contributed by atoms with E-state index in [1.807, 2.05) is 19.2 Å². The maximum atomic E-state index is 13.3. The number of hydrogen-bond donors (Lipinski definition) is 12. The van der Waals surface area contributed by atoms with Crippen LogP contribution in [0.25, 0.3) is 0 Å². The molecule has 0 heterocycles. The summed E-state index contributed by atoms with van der Waals surface area (Å²) >= 11 is 0. The monoisotopic (exact) mass is 717 g/mol. The van der Waals surface area contributed by atoms with E-state index in [0.29, 0.717) is 6.42 Å². The van der Waals surface area contributed by atoms with Gasteiger partial charge in [0.25, 0.3) is 0 Å². The molecule has 50 heavy (non-hydrogen) atoms. The molecule has 0 aromatic carbocycles. The van der Waals surface area contributed by atoms with Gasteiger partial charge in [-0.15, -0.1) is 0 Å². The van der Waals surface area contributed by atoms with Crippen molar-refractivity contribution < 1.29 is 58.5 Å². The molecule has 0 saturated carbocycles. The summed E-state index contributed by atoms with van der Waals surface area (Å²) in [6, 6.07) is -10.5. The molecule has 284 valence electrons. The number of aliphatic carboxylic acids is 1. The van der Waals surface area contributed by atoms with Gasteiger partial charge >= 0.3 is 5.97 Å². The van der Waals surface area contributed by atoms with E-state index in [-0.39, 0.29) is 18.3 Å². The molecule has 15 N–H and O–H groups in total. The summed E-state index contributed by atoms with van der Waals surface area (Å²) in [4.78, 5) is 112. The number of primary amides is 2. The number of aliphatic hydroxyl groups excluding tert-OH is 2. The average molecular weight is 718 g/mol. The molecule has 0 saturated heterocycles. The Hall–Kier alpha value is -4.89. The third-order valence-electron chi connectivity index (χ3n) is 6.84. The van der Waals surface area contributed by atoms with Crippen molar-refractivity contribution in [3.8, 4) is 0 Å². The SMILES string of the molecule is CC(C)C[C@H](NC(=O)[C@H](CC(N)=O)NC(=O)[C@H](CO)NC(=O)[C@H](C)NC(=O)[C@@H](N)CC(C)C)C(=O)N[C@@H](CC(N)=O)C(=O)N[C@@H](CO)C(=O)O. The van der Waals surface area contributed by atoms with Crippen LogP contribution in [0.1, 0.15) is 60.3 Å². The first kappa shape index (κ1) is 45.1. The van der Waals surface area contributed by atoms with E-state index < -0.39 is 122 Å². The molecule has 0 bridgehead atoms. The van der Waals surface area contributed by atoms with Crippen LogP contribution >= 0.6 is 0 Å². The number of carbonyl (C=O) groups is 9. The molecule has 0 spiro atoms.